The third kappa shape index (κ3) is 4.29. The molecule has 0 amide bonds. The first-order chi connectivity index (χ1) is 10.1. The zero-order chi connectivity index (χ0) is 15.2. The van der Waals surface area contributed by atoms with Gasteiger partial charge in [-0.1, -0.05) is 43.6 Å². The second-order valence-electron chi connectivity index (χ2n) is 5.33. The van der Waals surface area contributed by atoms with E-state index in [1.165, 1.54) is 11.1 Å². The maximum Gasteiger partial charge on any atom is 0.0438 e. The largest absolute Gasteiger partial charge is 0.310 e. The minimum absolute atomic E-state index is 0.244. The number of nitrogens with zero attached hydrogens (tertiary/aromatic N) is 1. The number of hydrogen-bond donors (Lipinski definition) is 1. The van der Waals surface area contributed by atoms with E-state index in [9.17, 15) is 0 Å². The molecule has 2 nitrogen and oxygen atoms in total. The molecule has 1 aromatic heterocycles. The minimum Gasteiger partial charge on any atom is -0.310 e. The highest BCUT2D eigenvalue weighted by molar-refractivity contribution is 6.31. The number of likely N-dealkylation sites (N-methyl/N-ethyl adjacent to an activating group) is 1. The van der Waals surface area contributed by atoms with Crippen LogP contribution in [0.15, 0.2) is 36.5 Å². The zero-order valence-electron chi connectivity index (χ0n) is 13.0. The first-order valence-corrected chi connectivity index (χ1v) is 7.95. The molecule has 1 aromatic carbocycles. The van der Waals surface area contributed by atoms with Crippen molar-refractivity contribution in [2.45, 2.75) is 39.7 Å². The first kappa shape index (κ1) is 16.0. The number of aryl methyl sites for hydroxylation is 2. The Kier molecular flexibility index (Phi) is 5.77. The van der Waals surface area contributed by atoms with E-state index < -0.39 is 0 Å². The van der Waals surface area contributed by atoms with Gasteiger partial charge in [-0.15, -0.1) is 0 Å². The fourth-order valence-electron chi connectivity index (χ4n) is 2.37. The predicted molar refractivity (Wildman–Crippen MR) is 89.9 cm³/mol. The van der Waals surface area contributed by atoms with Crippen LogP contribution in [0.1, 0.15) is 42.3 Å². The molecule has 2 aromatic rings. The summed E-state index contributed by atoms with van der Waals surface area (Å²) >= 11 is 6.26. The van der Waals surface area contributed by atoms with Crippen LogP contribution in [0.25, 0.3) is 0 Å². The van der Waals surface area contributed by atoms with Crippen molar-refractivity contribution < 1.29 is 0 Å². The molecule has 0 aliphatic carbocycles. The Morgan fingerprint density at radius 3 is 2.57 bits per heavy atom. The molecule has 0 aliphatic rings. The van der Waals surface area contributed by atoms with Gasteiger partial charge in [-0.05, 0) is 48.7 Å². The van der Waals surface area contributed by atoms with E-state index in [-0.39, 0.29) is 6.04 Å². The summed E-state index contributed by atoms with van der Waals surface area (Å²) in [7, 11) is 0. The van der Waals surface area contributed by atoms with Crippen LogP contribution in [0, 0.1) is 6.92 Å². The van der Waals surface area contributed by atoms with Crippen LogP contribution in [-0.2, 0) is 12.8 Å². The van der Waals surface area contributed by atoms with Gasteiger partial charge in [0.1, 0.15) is 0 Å². The summed E-state index contributed by atoms with van der Waals surface area (Å²) in [5.74, 6) is 0. The standard InChI is InChI=1S/C18H23ClN2/c1-4-14-7-9-16(21-12-14)11-18(20-5-2)15-8-6-13(3)17(19)10-15/h6-10,12,18,20H,4-5,11H2,1-3H3. The van der Waals surface area contributed by atoms with E-state index >= 15 is 0 Å². The average Bonchev–Trinajstić information content (AvgIpc) is 2.50. The number of hydrogen-bond acceptors (Lipinski definition) is 2. The number of nitrogens with one attached hydrogen (secondary N) is 1. The number of pyridine rings is 1. The molecule has 21 heavy (non-hydrogen) atoms. The van der Waals surface area contributed by atoms with Crippen molar-refractivity contribution in [1.82, 2.24) is 10.3 Å². The van der Waals surface area contributed by atoms with Gasteiger partial charge in [0, 0.05) is 29.4 Å². The van der Waals surface area contributed by atoms with Crippen LogP contribution in [0.2, 0.25) is 5.02 Å². The van der Waals surface area contributed by atoms with Crippen LogP contribution in [0.4, 0.5) is 0 Å². The molecule has 1 atom stereocenters. The van der Waals surface area contributed by atoms with Crippen LogP contribution in [-0.4, -0.2) is 11.5 Å². The summed E-state index contributed by atoms with van der Waals surface area (Å²) in [5, 5.41) is 4.35. The van der Waals surface area contributed by atoms with Gasteiger partial charge in [0.05, 0.1) is 0 Å². The average molecular weight is 303 g/mol. The number of benzene rings is 1. The van der Waals surface area contributed by atoms with Gasteiger partial charge in [-0.2, -0.15) is 0 Å². The fourth-order valence-corrected chi connectivity index (χ4v) is 2.56. The summed E-state index contributed by atoms with van der Waals surface area (Å²) in [6, 6.07) is 10.8. The van der Waals surface area contributed by atoms with Gasteiger partial charge in [0.15, 0.2) is 0 Å². The number of halogens is 1. The van der Waals surface area contributed by atoms with Gasteiger partial charge >= 0.3 is 0 Å². The Morgan fingerprint density at radius 1 is 1.19 bits per heavy atom. The van der Waals surface area contributed by atoms with Gasteiger partial charge in [0.2, 0.25) is 0 Å². The monoisotopic (exact) mass is 302 g/mol. The lowest BCUT2D eigenvalue weighted by Crippen LogP contribution is -2.23. The van der Waals surface area contributed by atoms with Crippen molar-refractivity contribution in [3.63, 3.8) is 0 Å². The summed E-state index contributed by atoms with van der Waals surface area (Å²) in [6.45, 7) is 7.21. The molecule has 0 aliphatic heterocycles. The van der Waals surface area contributed by atoms with Crippen molar-refractivity contribution in [1.29, 1.82) is 0 Å². The summed E-state index contributed by atoms with van der Waals surface area (Å²) < 4.78 is 0. The van der Waals surface area contributed by atoms with Gasteiger partial charge in [-0.25, -0.2) is 0 Å². The Bertz CT molecular complexity index is 578. The molecular weight excluding hydrogens is 280 g/mol. The topological polar surface area (TPSA) is 24.9 Å². The van der Waals surface area contributed by atoms with E-state index in [1.54, 1.807) is 0 Å². The van der Waals surface area contributed by atoms with Crippen molar-refractivity contribution >= 4 is 11.6 Å². The molecule has 0 bridgehead atoms. The van der Waals surface area contributed by atoms with Crippen molar-refractivity contribution in [2.75, 3.05) is 6.54 Å². The highest BCUT2D eigenvalue weighted by atomic mass is 35.5. The van der Waals surface area contributed by atoms with Crippen LogP contribution < -0.4 is 5.32 Å². The van der Waals surface area contributed by atoms with Crippen LogP contribution in [0.3, 0.4) is 0 Å². The first-order valence-electron chi connectivity index (χ1n) is 7.57. The lowest BCUT2D eigenvalue weighted by Gasteiger charge is -2.19. The maximum atomic E-state index is 6.26. The van der Waals surface area contributed by atoms with Crippen LogP contribution in [0.5, 0.6) is 0 Å². The van der Waals surface area contributed by atoms with Crippen molar-refractivity contribution in [2.24, 2.45) is 0 Å². The minimum atomic E-state index is 0.244. The van der Waals surface area contributed by atoms with E-state index in [1.807, 2.05) is 13.1 Å². The Balaban J connectivity index is 2.19. The molecular formula is C18H23ClN2. The molecule has 1 unspecified atom stereocenters. The molecule has 0 saturated heterocycles. The highest BCUT2D eigenvalue weighted by Gasteiger charge is 2.13. The fraction of sp³-hybridized carbons (Fsp3) is 0.389. The third-order valence-corrected chi connectivity index (χ3v) is 4.16. The number of aromatic nitrogens is 1. The van der Waals surface area contributed by atoms with E-state index in [0.717, 1.165) is 35.7 Å². The zero-order valence-corrected chi connectivity index (χ0v) is 13.7. The lowest BCUT2D eigenvalue weighted by molar-refractivity contribution is 0.544. The van der Waals surface area contributed by atoms with E-state index in [4.69, 9.17) is 11.6 Å². The quantitative estimate of drug-likeness (QED) is 0.850. The highest BCUT2D eigenvalue weighted by Crippen LogP contribution is 2.23. The number of rotatable bonds is 6. The SMILES string of the molecule is CCNC(Cc1ccc(CC)cn1)c1ccc(C)c(Cl)c1. The Hall–Kier alpha value is -1.38. The maximum absolute atomic E-state index is 6.26. The molecule has 0 saturated carbocycles. The van der Waals surface area contributed by atoms with Gasteiger partial charge < -0.3 is 5.32 Å². The van der Waals surface area contributed by atoms with Gasteiger partial charge in [-0.3, -0.25) is 4.98 Å². The molecule has 112 valence electrons. The molecule has 3 heteroatoms. The summed E-state index contributed by atoms with van der Waals surface area (Å²) in [5.41, 5.74) is 4.71. The Morgan fingerprint density at radius 2 is 2.00 bits per heavy atom. The van der Waals surface area contributed by atoms with Crippen LogP contribution >= 0.6 is 11.6 Å². The second kappa shape index (κ2) is 7.58. The van der Waals surface area contributed by atoms with Gasteiger partial charge in [0.25, 0.3) is 0 Å². The molecule has 2 rings (SSSR count). The molecule has 1 heterocycles. The normalized spacial score (nSPS) is 12.4. The second-order valence-corrected chi connectivity index (χ2v) is 5.74. The predicted octanol–water partition coefficient (Wildman–Crippen LogP) is 4.50. The molecule has 1 N–H and O–H groups in total. The Labute approximate surface area is 132 Å². The lowest BCUT2D eigenvalue weighted by atomic mass is 10.00. The van der Waals surface area contributed by atoms with E-state index in [2.05, 4.69) is 54.5 Å². The van der Waals surface area contributed by atoms with Crippen molar-refractivity contribution in [3.05, 3.63) is 63.9 Å². The summed E-state index contributed by atoms with van der Waals surface area (Å²) in [6.07, 6.45) is 3.87. The molecule has 0 radical (unpaired) electrons. The molecule has 0 fully saturated rings. The van der Waals surface area contributed by atoms with Crippen molar-refractivity contribution in [3.8, 4) is 0 Å². The smallest absolute Gasteiger partial charge is 0.0438 e. The molecule has 0 spiro atoms. The van der Waals surface area contributed by atoms with E-state index in [0.29, 0.717) is 0 Å². The third-order valence-electron chi connectivity index (χ3n) is 3.76. The summed E-state index contributed by atoms with van der Waals surface area (Å²) in [4.78, 5) is 4.56.